The highest BCUT2D eigenvalue weighted by Crippen LogP contribution is 2.27. The van der Waals surface area contributed by atoms with E-state index in [1.54, 1.807) is 6.07 Å². The van der Waals surface area contributed by atoms with Crippen LogP contribution in [0.3, 0.4) is 0 Å². The van der Waals surface area contributed by atoms with E-state index < -0.39 is 0 Å². The number of hydrogen-bond donors (Lipinski definition) is 1. The van der Waals surface area contributed by atoms with Crippen LogP contribution in [0.4, 0.5) is 5.13 Å². The summed E-state index contributed by atoms with van der Waals surface area (Å²) in [6.07, 6.45) is 0. The Morgan fingerprint density at radius 2 is 2.15 bits per heavy atom. The second-order valence-electron chi connectivity index (χ2n) is 4.37. The van der Waals surface area contributed by atoms with Gasteiger partial charge in [-0.05, 0) is 12.1 Å². The van der Waals surface area contributed by atoms with Gasteiger partial charge < -0.3 is 0 Å². The molecule has 1 heterocycles. The maximum atomic E-state index is 11.8. The van der Waals surface area contributed by atoms with Crippen LogP contribution in [0.25, 0.3) is 0 Å². The fourth-order valence-corrected chi connectivity index (χ4v) is 3.18. The van der Waals surface area contributed by atoms with Crippen LogP contribution in [0.5, 0.6) is 0 Å². The minimum atomic E-state index is -0.110. The molecule has 106 valence electrons. The molecule has 20 heavy (non-hydrogen) atoms. The summed E-state index contributed by atoms with van der Waals surface area (Å²) in [6, 6.07) is 7.45. The number of halogens is 1. The summed E-state index contributed by atoms with van der Waals surface area (Å²) in [6.45, 7) is 4.08. The molecule has 1 amide bonds. The third-order valence-corrected chi connectivity index (χ3v) is 5.03. The third-order valence-electron chi connectivity index (χ3n) is 2.38. The summed E-state index contributed by atoms with van der Waals surface area (Å²) in [5, 5.41) is 12.8. The minimum Gasteiger partial charge on any atom is -0.300 e. The topological polar surface area (TPSA) is 54.9 Å². The number of carbonyl (C=O) groups excluding carboxylic acids is 1. The number of anilines is 1. The summed E-state index contributed by atoms with van der Waals surface area (Å²) in [4.78, 5) is 12.7. The van der Waals surface area contributed by atoms with Crippen molar-refractivity contribution < 1.29 is 4.79 Å². The fraction of sp³-hybridized carbons (Fsp3) is 0.308. The average Bonchev–Trinajstić information content (AvgIpc) is 2.86. The molecule has 0 bridgehead atoms. The van der Waals surface area contributed by atoms with E-state index in [1.165, 1.54) is 23.1 Å². The first kappa shape index (κ1) is 15.3. The Bertz CT molecular complexity index is 601. The van der Waals surface area contributed by atoms with Crippen LogP contribution in [-0.2, 0) is 4.79 Å². The molecule has 4 nitrogen and oxygen atoms in total. The van der Waals surface area contributed by atoms with Crippen molar-refractivity contribution in [1.29, 1.82) is 0 Å². The maximum absolute atomic E-state index is 11.8. The van der Waals surface area contributed by atoms with E-state index in [9.17, 15) is 4.79 Å². The van der Waals surface area contributed by atoms with E-state index >= 15 is 0 Å². The Labute approximate surface area is 130 Å². The number of amides is 1. The Balaban J connectivity index is 1.88. The predicted molar refractivity (Wildman–Crippen MR) is 84.8 cm³/mol. The van der Waals surface area contributed by atoms with E-state index in [-0.39, 0.29) is 5.91 Å². The highest BCUT2D eigenvalue weighted by molar-refractivity contribution is 8.00. The van der Waals surface area contributed by atoms with E-state index in [0.717, 1.165) is 9.90 Å². The van der Waals surface area contributed by atoms with Gasteiger partial charge in [-0.3, -0.25) is 10.1 Å². The summed E-state index contributed by atoms with van der Waals surface area (Å²) in [5.74, 6) is 0.498. The van der Waals surface area contributed by atoms with Gasteiger partial charge in [-0.25, -0.2) is 0 Å². The number of nitrogens with zero attached hydrogens (tertiary/aromatic N) is 2. The summed E-state index contributed by atoms with van der Waals surface area (Å²) < 4.78 is 0. The second kappa shape index (κ2) is 7.06. The van der Waals surface area contributed by atoms with Crippen molar-refractivity contribution >= 4 is 45.7 Å². The molecule has 2 rings (SSSR count). The van der Waals surface area contributed by atoms with Crippen molar-refractivity contribution in [3.63, 3.8) is 0 Å². The lowest BCUT2D eigenvalue weighted by molar-refractivity contribution is -0.113. The normalized spacial score (nSPS) is 10.8. The fourth-order valence-electron chi connectivity index (χ4n) is 1.38. The number of hydrogen-bond acceptors (Lipinski definition) is 5. The number of aromatic nitrogens is 2. The Morgan fingerprint density at radius 1 is 1.40 bits per heavy atom. The number of rotatable bonds is 5. The zero-order valence-electron chi connectivity index (χ0n) is 11.1. The lowest BCUT2D eigenvalue weighted by Gasteiger charge is -2.03. The van der Waals surface area contributed by atoms with Crippen molar-refractivity contribution in [3.8, 4) is 0 Å². The molecule has 1 aromatic heterocycles. The average molecular weight is 328 g/mol. The highest BCUT2D eigenvalue weighted by atomic mass is 35.5. The van der Waals surface area contributed by atoms with E-state index in [0.29, 0.717) is 21.8 Å². The molecule has 0 aliphatic carbocycles. The van der Waals surface area contributed by atoms with Crippen LogP contribution < -0.4 is 5.32 Å². The smallest absolute Gasteiger partial charge is 0.236 e. The number of carbonyl (C=O) groups is 1. The van der Waals surface area contributed by atoms with Crippen LogP contribution in [0, 0.1) is 0 Å². The van der Waals surface area contributed by atoms with Gasteiger partial charge in [0.25, 0.3) is 0 Å². The molecule has 0 saturated heterocycles. The first-order chi connectivity index (χ1) is 9.56. The largest absolute Gasteiger partial charge is 0.300 e. The number of nitrogens with one attached hydrogen (secondary N) is 1. The van der Waals surface area contributed by atoms with Crippen LogP contribution >= 0.6 is 34.7 Å². The number of benzene rings is 1. The molecule has 7 heteroatoms. The second-order valence-corrected chi connectivity index (χ2v) is 6.80. The quantitative estimate of drug-likeness (QED) is 0.842. The van der Waals surface area contributed by atoms with Gasteiger partial charge in [0.05, 0.1) is 10.8 Å². The molecule has 1 N–H and O–H groups in total. The van der Waals surface area contributed by atoms with Gasteiger partial charge in [-0.2, -0.15) is 0 Å². The first-order valence-electron chi connectivity index (χ1n) is 6.07. The van der Waals surface area contributed by atoms with Crippen LogP contribution in [0.15, 0.2) is 29.2 Å². The molecule has 2 aromatic rings. The van der Waals surface area contributed by atoms with Crippen molar-refractivity contribution in [3.05, 3.63) is 34.3 Å². The summed E-state index contributed by atoms with van der Waals surface area (Å²) >= 11 is 8.84. The summed E-state index contributed by atoms with van der Waals surface area (Å²) in [7, 11) is 0. The van der Waals surface area contributed by atoms with Gasteiger partial charge in [0.1, 0.15) is 5.01 Å². The van der Waals surface area contributed by atoms with Crippen molar-refractivity contribution in [1.82, 2.24) is 10.2 Å². The molecular formula is C13H14ClN3OS2. The first-order valence-corrected chi connectivity index (χ1v) is 8.25. The Hall–Kier alpha value is -1.11. The van der Waals surface area contributed by atoms with E-state index in [2.05, 4.69) is 15.5 Å². The SMILES string of the molecule is CC(C)c1nnc(NC(=O)CSc2ccccc2Cl)s1. The van der Waals surface area contributed by atoms with Crippen molar-refractivity contribution in [2.75, 3.05) is 11.1 Å². The zero-order valence-corrected chi connectivity index (χ0v) is 13.5. The Morgan fingerprint density at radius 3 is 2.80 bits per heavy atom. The monoisotopic (exact) mass is 327 g/mol. The Kier molecular flexibility index (Phi) is 5.39. The van der Waals surface area contributed by atoms with Gasteiger partial charge in [0.15, 0.2) is 0 Å². The highest BCUT2D eigenvalue weighted by Gasteiger charge is 2.11. The van der Waals surface area contributed by atoms with Gasteiger partial charge in [0, 0.05) is 10.8 Å². The molecular weight excluding hydrogens is 314 g/mol. The van der Waals surface area contributed by atoms with Crippen molar-refractivity contribution in [2.24, 2.45) is 0 Å². The van der Waals surface area contributed by atoms with Gasteiger partial charge >= 0.3 is 0 Å². The molecule has 0 saturated carbocycles. The molecule has 0 unspecified atom stereocenters. The predicted octanol–water partition coefficient (Wildman–Crippen LogP) is 4.05. The molecule has 0 fully saturated rings. The van der Waals surface area contributed by atoms with Crippen LogP contribution in [0.1, 0.15) is 24.8 Å². The van der Waals surface area contributed by atoms with Crippen LogP contribution in [0.2, 0.25) is 5.02 Å². The third kappa shape index (κ3) is 4.19. The molecule has 0 aliphatic rings. The standard InChI is InChI=1S/C13H14ClN3OS2/c1-8(2)12-16-17-13(20-12)15-11(18)7-19-10-6-4-3-5-9(10)14/h3-6,8H,7H2,1-2H3,(H,15,17,18). The molecule has 0 atom stereocenters. The van der Waals surface area contributed by atoms with E-state index in [1.807, 2.05) is 32.0 Å². The van der Waals surface area contributed by atoms with Crippen molar-refractivity contribution in [2.45, 2.75) is 24.7 Å². The van der Waals surface area contributed by atoms with Gasteiger partial charge in [0.2, 0.25) is 11.0 Å². The maximum Gasteiger partial charge on any atom is 0.236 e. The van der Waals surface area contributed by atoms with E-state index in [4.69, 9.17) is 11.6 Å². The molecule has 1 aromatic carbocycles. The lowest BCUT2D eigenvalue weighted by atomic mass is 10.2. The number of thioether (sulfide) groups is 1. The molecule has 0 spiro atoms. The van der Waals surface area contributed by atoms with Gasteiger partial charge in [-0.1, -0.05) is 48.9 Å². The van der Waals surface area contributed by atoms with Crippen LogP contribution in [-0.4, -0.2) is 21.9 Å². The minimum absolute atomic E-state index is 0.110. The summed E-state index contributed by atoms with van der Waals surface area (Å²) in [5.41, 5.74) is 0. The zero-order chi connectivity index (χ0) is 14.5. The molecule has 0 radical (unpaired) electrons. The lowest BCUT2D eigenvalue weighted by Crippen LogP contribution is -2.13. The molecule has 0 aliphatic heterocycles. The van der Waals surface area contributed by atoms with Gasteiger partial charge in [-0.15, -0.1) is 22.0 Å².